The van der Waals surface area contributed by atoms with Crippen molar-refractivity contribution in [2.75, 3.05) is 0 Å². The van der Waals surface area contributed by atoms with E-state index in [2.05, 4.69) is 27.1 Å². The van der Waals surface area contributed by atoms with Gasteiger partial charge in [0, 0.05) is 10.9 Å². The number of aryl methyl sites for hydroxylation is 1. The van der Waals surface area contributed by atoms with Crippen molar-refractivity contribution in [3.63, 3.8) is 0 Å². The summed E-state index contributed by atoms with van der Waals surface area (Å²) >= 11 is 1.60. The summed E-state index contributed by atoms with van der Waals surface area (Å²) in [4.78, 5) is 32.9. The monoisotopic (exact) mass is 314 g/mol. The van der Waals surface area contributed by atoms with Crippen LogP contribution in [0.1, 0.15) is 23.8 Å². The highest BCUT2D eigenvalue weighted by molar-refractivity contribution is 7.18. The first-order valence-electron chi connectivity index (χ1n) is 7.22. The van der Waals surface area contributed by atoms with E-state index in [0.717, 1.165) is 35.0 Å². The molecule has 0 bridgehead atoms. The van der Waals surface area contributed by atoms with Gasteiger partial charge in [-0.05, 0) is 36.8 Å². The maximum atomic E-state index is 12.5. The molecule has 112 valence electrons. The van der Waals surface area contributed by atoms with E-state index in [0.29, 0.717) is 17.4 Å². The minimum atomic E-state index is -0.284. The van der Waals surface area contributed by atoms with Crippen LogP contribution in [-0.2, 0) is 12.8 Å². The Kier molecular flexibility index (Phi) is 2.97. The largest absolute Gasteiger partial charge is 0.305 e. The Labute approximate surface area is 129 Å². The normalized spacial score (nSPS) is 17.6. The molecule has 0 fully saturated rings. The van der Waals surface area contributed by atoms with Crippen molar-refractivity contribution in [3.8, 4) is 11.5 Å². The predicted molar refractivity (Wildman–Crippen MR) is 85.3 cm³/mol. The first-order chi connectivity index (χ1) is 10.6. The highest BCUT2D eigenvalue weighted by Gasteiger charge is 2.23. The number of H-pyrrole nitrogens is 2. The van der Waals surface area contributed by atoms with E-state index in [1.165, 1.54) is 10.9 Å². The predicted octanol–water partition coefficient (Wildman–Crippen LogP) is 1.86. The smallest absolute Gasteiger partial charge is 0.264 e. The number of rotatable bonds is 1. The van der Waals surface area contributed by atoms with Crippen molar-refractivity contribution in [2.24, 2.45) is 5.92 Å². The third kappa shape index (κ3) is 2.09. The second kappa shape index (κ2) is 4.88. The summed E-state index contributed by atoms with van der Waals surface area (Å²) < 4.78 is 0. The maximum absolute atomic E-state index is 12.5. The van der Waals surface area contributed by atoms with Gasteiger partial charge in [0.25, 0.3) is 11.1 Å². The molecule has 0 aliphatic heterocycles. The van der Waals surface area contributed by atoms with Crippen LogP contribution in [0, 0.1) is 5.92 Å². The Morgan fingerprint density at radius 3 is 2.95 bits per heavy atom. The Hall–Kier alpha value is -2.28. The van der Waals surface area contributed by atoms with Gasteiger partial charge in [-0.15, -0.1) is 11.3 Å². The van der Waals surface area contributed by atoms with Gasteiger partial charge in [0.1, 0.15) is 10.5 Å². The summed E-state index contributed by atoms with van der Waals surface area (Å²) in [7, 11) is 0. The zero-order chi connectivity index (χ0) is 15.3. The van der Waals surface area contributed by atoms with E-state index >= 15 is 0 Å². The summed E-state index contributed by atoms with van der Waals surface area (Å²) in [6.45, 7) is 2.24. The van der Waals surface area contributed by atoms with E-state index in [-0.39, 0.29) is 11.1 Å². The fourth-order valence-electron chi connectivity index (χ4n) is 2.95. The first kappa shape index (κ1) is 13.4. The molecule has 0 amide bonds. The molecule has 22 heavy (non-hydrogen) atoms. The molecule has 0 saturated carbocycles. The number of thiophene rings is 1. The molecule has 4 rings (SSSR count). The van der Waals surface area contributed by atoms with Crippen molar-refractivity contribution < 1.29 is 0 Å². The first-order valence-corrected chi connectivity index (χ1v) is 8.04. The number of aromatic nitrogens is 4. The lowest BCUT2D eigenvalue weighted by molar-refractivity contribution is 0.509. The van der Waals surface area contributed by atoms with E-state index in [1.807, 2.05) is 0 Å². The topological polar surface area (TPSA) is 91.5 Å². The van der Waals surface area contributed by atoms with Crippen LogP contribution in [0.5, 0.6) is 0 Å². The molecule has 6 nitrogen and oxygen atoms in total. The number of nitrogens with zero attached hydrogens (tertiary/aromatic N) is 2. The van der Waals surface area contributed by atoms with Crippen LogP contribution in [0.3, 0.4) is 0 Å². The molecule has 2 N–H and O–H groups in total. The highest BCUT2D eigenvalue weighted by Crippen LogP contribution is 2.35. The molecule has 0 aromatic carbocycles. The van der Waals surface area contributed by atoms with Crippen molar-refractivity contribution in [2.45, 2.75) is 26.2 Å². The van der Waals surface area contributed by atoms with Gasteiger partial charge in [0.2, 0.25) is 0 Å². The van der Waals surface area contributed by atoms with Gasteiger partial charge in [0.15, 0.2) is 5.82 Å². The number of hydrogen-bond acceptors (Lipinski definition) is 5. The summed E-state index contributed by atoms with van der Waals surface area (Å²) in [6.07, 6.45) is 3.07. The minimum Gasteiger partial charge on any atom is -0.305 e. The molecule has 3 aromatic rings. The van der Waals surface area contributed by atoms with Crippen LogP contribution < -0.4 is 11.1 Å². The standard InChI is InChI=1S/C15H14N4O2S/c1-7-2-3-8-10(6-7)22-15-12(8)14(21)16-13(17-15)9-4-5-11(20)19-18-9/h4-5,7H,2-3,6H2,1H3,(H,19,20)(H,16,17,21). The van der Waals surface area contributed by atoms with Gasteiger partial charge in [-0.1, -0.05) is 6.92 Å². The van der Waals surface area contributed by atoms with Gasteiger partial charge in [-0.2, -0.15) is 5.10 Å². The lowest BCUT2D eigenvalue weighted by Crippen LogP contribution is -2.14. The second-order valence-corrected chi connectivity index (χ2v) is 6.84. The zero-order valence-electron chi connectivity index (χ0n) is 12.0. The molecule has 1 aliphatic rings. The quantitative estimate of drug-likeness (QED) is 0.717. The van der Waals surface area contributed by atoms with E-state index in [9.17, 15) is 9.59 Å². The number of hydrogen-bond donors (Lipinski definition) is 2. The van der Waals surface area contributed by atoms with Crippen LogP contribution in [0.4, 0.5) is 0 Å². The lowest BCUT2D eigenvalue weighted by atomic mass is 9.89. The summed E-state index contributed by atoms with van der Waals surface area (Å²) in [5.74, 6) is 1.04. The average molecular weight is 314 g/mol. The highest BCUT2D eigenvalue weighted by atomic mass is 32.1. The SMILES string of the molecule is CC1CCc2c(sc3nc(-c4ccc(=O)[nH]n4)[nH]c(=O)c23)C1. The molecule has 0 radical (unpaired) electrons. The van der Waals surface area contributed by atoms with Gasteiger partial charge >= 0.3 is 0 Å². The third-order valence-corrected chi connectivity index (χ3v) is 5.24. The zero-order valence-corrected chi connectivity index (χ0v) is 12.8. The molecular weight excluding hydrogens is 300 g/mol. The summed E-state index contributed by atoms with van der Waals surface area (Å²) in [6, 6.07) is 2.92. The van der Waals surface area contributed by atoms with Crippen molar-refractivity contribution in [1.29, 1.82) is 0 Å². The molecule has 1 unspecified atom stereocenters. The molecule has 3 heterocycles. The lowest BCUT2D eigenvalue weighted by Gasteiger charge is -2.17. The average Bonchev–Trinajstić information content (AvgIpc) is 2.85. The Balaban J connectivity index is 1.92. The van der Waals surface area contributed by atoms with E-state index in [1.54, 1.807) is 17.4 Å². The van der Waals surface area contributed by atoms with Crippen LogP contribution in [0.2, 0.25) is 0 Å². The second-order valence-electron chi connectivity index (χ2n) is 5.75. The Morgan fingerprint density at radius 2 is 2.18 bits per heavy atom. The van der Waals surface area contributed by atoms with Gasteiger partial charge in [-0.25, -0.2) is 10.1 Å². The molecule has 1 aliphatic carbocycles. The van der Waals surface area contributed by atoms with Gasteiger partial charge in [-0.3, -0.25) is 9.59 Å². The molecule has 1 atom stereocenters. The van der Waals surface area contributed by atoms with Crippen molar-refractivity contribution in [1.82, 2.24) is 20.2 Å². The van der Waals surface area contributed by atoms with E-state index < -0.39 is 0 Å². The van der Waals surface area contributed by atoms with Crippen LogP contribution >= 0.6 is 11.3 Å². The Bertz CT molecular complexity index is 965. The maximum Gasteiger partial charge on any atom is 0.264 e. The number of fused-ring (bicyclic) bond motifs is 3. The summed E-state index contributed by atoms with van der Waals surface area (Å²) in [5, 5.41) is 7.00. The molecule has 7 heteroatoms. The number of aromatic amines is 2. The van der Waals surface area contributed by atoms with Crippen LogP contribution in [-0.4, -0.2) is 20.2 Å². The molecule has 0 spiro atoms. The molecule has 0 saturated heterocycles. The fraction of sp³-hybridized carbons (Fsp3) is 0.333. The van der Waals surface area contributed by atoms with Crippen LogP contribution in [0.15, 0.2) is 21.7 Å². The minimum absolute atomic E-state index is 0.125. The van der Waals surface area contributed by atoms with E-state index in [4.69, 9.17) is 0 Å². The summed E-state index contributed by atoms with van der Waals surface area (Å²) in [5.41, 5.74) is 1.21. The fourth-order valence-corrected chi connectivity index (χ4v) is 4.33. The Morgan fingerprint density at radius 1 is 1.32 bits per heavy atom. The van der Waals surface area contributed by atoms with Crippen molar-refractivity contribution >= 4 is 21.6 Å². The van der Waals surface area contributed by atoms with Gasteiger partial charge < -0.3 is 4.98 Å². The molecular formula is C15H14N4O2S. The van der Waals surface area contributed by atoms with Crippen molar-refractivity contribution in [3.05, 3.63) is 43.3 Å². The molecule has 3 aromatic heterocycles. The van der Waals surface area contributed by atoms with Gasteiger partial charge in [0.05, 0.1) is 5.39 Å². The third-order valence-electron chi connectivity index (χ3n) is 4.09. The van der Waals surface area contributed by atoms with Crippen LogP contribution in [0.25, 0.3) is 21.7 Å². The number of nitrogens with one attached hydrogen (secondary N) is 2.